The van der Waals surface area contributed by atoms with Gasteiger partial charge in [-0.05, 0) is 47.9 Å². The molecular formula is C38H37N3O6. The number of hydrogen-bond donors (Lipinski definition) is 1. The number of benzene rings is 4. The molecule has 3 amide bonds. The fourth-order valence-corrected chi connectivity index (χ4v) is 7.17. The van der Waals surface area contributed by atoms with Crippen LogP contribution < -0.4 is 14.5 Å². The number of carbonyl (C=O) groups is 3. The monoisotopic (exact) mass is 631 g/mol. The summed E-state index contributed by atoms with van der Waals surface area (Å²) in [5, 5.41) is 9.66. The van der Waals surface area contributed by atoms with Gasteiger partial charge in [-0.15, -0.1) is 0 Å². The molecule has 0 aromatic heterocycles. The first kappa shape index (κ1) is 30.7. The number of ether oxygens (including phenoxy) is 2. The molecule has 4 aromatic rings. The second-order valence-corrected chi connectivity index (χ2v) is 12.4. The number of anilines is 3. The molecule has 0 bridgehead atoms. The van der Waals surface area contributed by atoms with Crippen LogP contribution in [0.2, 0.25) is 0 Å². The smallest absolute Gasteiger partial charge is 0.269 e. The summed E-state index contributed by atoms with van der Waals surface area (Å²) in [7, 11) is 0. The van der Waals surface area contributed by atoms with Gasteiger partial charge in [-0.2, -0.15) is 0 Å². The Labute approximate surface area is 273 Å². The molecule has 1 N–H and O–H groups in total. The van der Waals surface area contributed by atoms with Crippen molar-refractivity contribution in [1.29, 1.82) is 0 Å². The molecule has 9 heteroatoms. The zero-order valence-corrected chi connectivity index (χ0v) is 26.2. The molecule has 9 nitrogen and oxygen atoms in total. The second kappa shape index (κ2) is 12.7. The predicted molar refractivity (Wildman–Crippen MR) is 177 cm³/mol. The molecular weight excluding hydrogens is 594 g/mol. The molecule has 0 unspecified atom stereocenters. The zero-order chi connectivity index (χ0) is 32.5. The van der Waals surface area contributed by atoms with Crippen molar-refractivity contribution >= 4 is 34.8 Å². The molecule has 0 saturated carbocycles. The van der Waals surface area contributed by atoms with E-state index < -0.39 is 11.7 Å². The van der Waals surface area contributed by atoms with Gasteiger partial charge in [0.25, 0.3) is 11.8 Å². The van der Waals surface area contributed by atoms with Crippen molar-refractivity contribution in [2.45, 2.75) is 44.6 Å². The summed E-state index contributed by atoms with van der Waals surface area (Å²) in [6.07, 6.45) is 0.237. The van der Waals surface area contributed by atoms with Crippen molar-refractivity contribution in [2.24, 2.45) is 5.92 Å². The summed E-state index contributed by atoms with van der Waals surface area (Å²) in [6, 6.07) is 32.5. The minimum Gasteiger partial charge on any atom is -0.482 e. The number of carbonyl (C=O) groups excluding carboxylic acids is 3. The van der Waals surface area contributed by atoms with Gasteiger partial charge in [0.05, 0.1) is 37.1 Å². The van der Waals surface area contributed by atoms with Crippen LogP contribution >= 0.6 is 0 Å². The lowest BCUT2D eigenvalue weighted by Gasteiger charge is -2.30. The van der Waals surface area contributed by atoms with Gasteiger partial charge in [-0.3, -0.25) is 19.3 Å². The maximum Gasteiger partial charge on any atom is 0.269 e. The van der Waals surface area contributed by atoms with Crippen LogP contribution in [0.1, 0.15) is 36.5 Å². The molecule has 4 aromatic carbocycles. The van der Waals surface area contributed by atoms with E-state index in [4.69, 9.17) is 9.47 Å². The zero-order valence-electron chi connectivity index (χ0n) is 26.2. The van der Waals surface area contributed by atoms with Crippen LogP contribution in [0.3, 0.4) is 0 Å². The van der Waals surface area contributed by atoms with Gasteiger partial charge in [-0.25, -0.2) is 0 Å². The maximum atomic E-state index is 14.4. The summed E-state index contributed by atoms with van der Waals surface area (Å²) >= 11 is 0. The first-order valence-corrected chi connectivity index (χ1v) is 16.0. The number of rotatable bonds is 9. The molecule has 3 aliphatic rings. The molecule has 1 spiro atoms. The molecule has 0 aliphatic carbocycles. The van der Waals surface area contributed by atoms with Crippen LogP contribution in [-0.2, 0) is 37.8 Å². The second-order valence-electron chi connectivity index (χ2n) is 12.4. The van der Waals surface area contributed by atoms with Gasteiger partial charge in [0.1, 0.15) is 5.75 Å². The fraction of sp³-hybridized carbons (Fsp3) is 0.289. The Bertz CT molecular complexity index is 1790. The van der Waals surface area contributed by atoms with Crippen molar-refractivity contribution in [3.8, 4) is 5.75 Å². The van der Waals surface area contributed by atoms with E-state index in [1.165, 1.54) is 0 Å². The van der Waals surface area contributed by atoms with E-state index in [1.807, 2.05) is 110 Å². The summed E-state index contributed by atoms with van der Waals surface area (Å²) in [5.41, 5.74) is 3.73. The van der Waals surface area contributed by atoms with Crippen molar-refractivity contribution in [3.63, 3.8) is 0 Å². The van der Waals surface area contributed by atoms with Crippen LogP contribution in [-0.4, -0.2) is 53.6 Å². The molecule has 0 radical (unpaired) electrons. The Kier molecular flexibility index (Phi) is 8.26. The fourth-order valence-electron chi connectivity index (χ4n) is 7.17. The molecule has 7 rings (SSSR count). The first-order chi connectivity index (χ1) is 22.9. The first-order valence-electron chi connectivity index (χ1n) is 16.0. The van der Waals surface area contributed by atoms with Crippen LogP contribution in [0.15, 0.2) is 103 Å². The third kappa shape index (κ3) is 5.55. The van der Waals surface area contributed by atoms with Crippen molar-refractivity contribution in [3.05, 3.63) is 120 Å². The number of amides is 3. The van der Waals surface area contributed by atoms with E-state index in [0.717, 1.165) is 28.1 Å². The van der Waals surface area contributed by atoms with Gasteiger partial charge in [0.2, 0.25) is 5.91 Å². The topological polar surface area (TPSA) is 99.6 Å². The largest absolute Gasteiger partial charge is 0.482 e. The van der Waals surface area contributed by atoms with Gasteiger partial charge >= 0.3 is 0 Å². The summed E-state index contributed by atoms with van der Waals surface area (Å²) < 4.78 is 12.3. The summed E-state index contributed by atoms with van der Waals surface area (Å²) in [5.74, 6) is 0.0908. The van der Waals surface area contributed by atoms with Crippen molar-refractivity contribution in [2.75, 3.05) is 29.6 Å². The molecule has 3 atom stereocenters. The summed E-state index contributed by atoms with van der Waals surface area (Å²) in [4.78, 5) is 45.8. The highest BCUT2D eigenvalue weighted by Gasteiger charge is 2.60. The SMILES string of the molecule is C[C@H]1C[C@@H](CC(=O)N(CCO)Cc2ccccc2)O[C@]12C(=O)N(Cc1ccc(N3C(=O)COc4ccccc43)cc1)c1ccccc12. The molecule has 47 heavy (non-hydrogen) atoms. The number of nitrogens with zero attached hydrogens (tertiary/aromatic N) is 3. The number of fused-ring (bicyclic) bond motifs is 3. The highest BCUT2D eigenvalue weighted by molar-refractivity contribution is 6.07. The third-order valence-electron chi connectivity index (χ3n) is 9.40. The van der Waals surface area contributed by atoms with Crippen LogP contribution in [0, 0.1) is 5.92 Å². The van der Waals surface area contributed by atoms with E-state index >= 15 is 0 Å². The third-order valence-corrected chi connectivity index (χ3v) is 9.40. The van der Waals surface area contributed by atoms with Gasteiger partial charge in [-0.1, -0.05) is 79.7 Å². The number of para-hydroxylation sites is 3. The standard InChI is InChI=1S/C38H37N3O6/c1-26-21-30(22-35(43)39(19-20-42)23-27-9-3-2-4-10-27)47-38(26)31-11-5-6-12-32(31)40(37(38)45)24-28-15-17-29(18-16-28)41-33-13-7-8-14-34(33)46-25-36(41)44/h2-18,26,30,42H,19-25H2,1H3/t26-,30-,38+/m0/s1. The van der Waals surface area contributed by atoms with Crippen LogP contribution in [0.4, 0.5) is 17.1 Å². The van der Waals surface area contributed by atoms with E-state index in [1.54, 1.807) is 14.7 Å². The highest BCUT2D eigenvalue weighted by atomic mass is 16.5. The number of hydrogen-bond acceptors (Lipinski definition) is 6. The van der Waals surface area contributed by atoms with E-state index in [9.17, 15) is 19.5 Å². The quantitative estimate of drug-likeness (QED) is 0.269. The molecule has 3 heterocycles. The Morgan fingerprint density at radius 3 is 2.36 bits per heavy atom. The van der Waals surface area contributed by atoms with Crippen molar-refractivity contribution < 1.29 is 29.0 Å². The average molecular weight is 632 g/mol. The molecule has 1 saturated heterocycles. The number of aliphatic hydroxyl groups excluding tert-OH is 1. The number of aliphatic hydroxyl groups is 1. The van der Waals surface area contributed by atoms with Crippen LogP contribution in [0.5, 0.6) is 5.75 Å². The molecule has 3 aliphatic heterocycles. The Balaban J connectivity index is 1.09. The lowest BCUT2D eigenvalue weighted by atomic mass is 9.83. The minimum atomic E-state index is -1.19. The van der Waals surface area contributed by atoms with Crippen LogP contribution in [0.25, 0.3) is 0 Å². The highest BCUT2D eigenvalue weighted by Crippen LogP contribution is 2.54. The lowest BCUT2D eigenvalue weighted by molar-refractivity contribution is -0.150. The minimum absolute atomic E-state index is 0.0306. The lowest BCUT2D eigenvalue weighted by Crippen LogP contribution is -2.44. The van der Waals surface area contributed by atoms with Gasteiger partial charge < -0.3 is 24.4 Å². The predicted octanol–water partition coefficient (Wildman–Crippen LogP) is 5.32. The van der Waals surface area contributed by atoms with E-state index in [2.05, 4.69) is 0 Å². The van der Waals surface area contributed by atoms with Crippen molar-refractivity contribution in [1.82, 2.24) is 4.90 Å². The van der Waals surface area contributed by atoms with E-state index in [-0.39, 0.29) is 49.8 Å². The molecule has 240 valence electrons. The summed E-state index contributed by atoms with van der Waals surface area (Å²) in [6.45, 7) is 2.80. The molecule has 1 fully saturated rings. The Morgan fingerprint density at radius 2 is 1.60 bits per heavy atom. The average Bonchev–Trinajstić information content (AvgIpc) is 3.54. The van der Waals surface area contributed by atoms with E-state index in [0.29, 0.717) is 30.9 Å². The Morgan fingerprint density at radius 1 is 0.894 bits per heavy atom. The van der Waals surface area contributed by atoms with Gasteiger partial charge in [0, 0.05) is 30.3 Å². The normalized spacial score (nSPS) is 21.5. The Hall–Kier alpha value is -4.99. The maximum absolute atomic E-state index is 14.4. The van der Waals surface area contributed by atoms with Gasteiger partial charge in [0.15, 0.2) is 12.2 Å².